The summed E-state index contributed by atoms with van der Waals surface area (Å²) in [4.78, 5) is 23.4. The maximum absolute atomic E-state index is 14.1. The van der Waals surface area contributed by atoms with Crippen molar-refractivity contribution in [1.29, 1.82) is 0 Å². The van der Waals surface area contributed by atoms with Gasteiger partial charge in [-0.05, 0) is 24.6 Å². The summed E-state index contributed by atoms with van der Waals surface area (Å²) in [6.07, 6.45) is -3.55. The van der Waals surface area contributed by atoms with Crippen molar-refractivity contribution in [3.8, 4) is 5.69 Å². The Bertz CT molecular complexity index is 858. The fourth-order valence-corrected chi connectivity index (χ4v) is 2.56. The highest BCUT2D eigenvalue weighted by atomic mass is 32.2. The topological polar surface area (TPSA) is 56.9 Å². The van der Waals surface area contributed by atoms with Crippen LogP contribution in [0.25, 0.3) is 5.69 Å². The fourth-order valence-electron chi connectivity index (χ4n) is 1.76. The second-order valence-corrected chi connectivity index (χ2v) is 5.73. The molecular weight excluding hydrogens is 338 g/mol. The number of rotatable bonds is 3. The van der Waals surface area contributed by atoms with Gasteiger partial charge in [0.1, 0.15) is 17.7 Å². The lowest BCUT2D eigenvalue weighted by Crippen LogP contribution is -2.38. The number of aryl methyl sites for hydroxylation is 1. The molecule has 0 saturated carbocycles. The number of nitrogens with zero attached hydrogens (tertiary/aromatic N) is 3. The van der Waals surface area contributed by atoms with Crippen LogP contribution in [0.15, 0.2) is 32.8 Å². The van der Waals surface area contributed by atoms with E-state index in [1.54, 1.807) is 0 Å². The lowest BCUT2D eigenvalue weighted by atomic mass is 10.2. The molecule has 1 aromatic carbocycles. The van der Waals surface area contributed by atoms with Crippen LogP contribution in [0.1, 0.15) is 5.56 Å². The third-order valence-electron chi connectivity index (χ3n) is 2.95. The van der Waals surface area contributed by atoms with Crippen molar-refractivity contribution in [3.05, 3.63) is 50.5 Å². The summed E-state index contributed by atoms with van der Waals surface area (Å²) in [6, 6.07) is 2.13. The summed E-state index contributed by atoms with van der Waals surface area (Å²) in [5.74, 6) is -1.97. The number of thioether (sulfide) groups is 1. The molecule has 1 heterocycles. The van der Waals surface area contributed by atoms with Crippen LogP contribution < -0.4 is 11.2 Å². The molecule has 0 amide bonds. The maximum atomic E-state index is 14.1. The van der Waals surface area contributed by atoms with E-state index in [1.807, 2.05) is 0 Å². The number of alkyl halides is 3. The quantitative estimate of drug-likeness (QED) is 0.629. The van der Waals surface area contributed by atoms with E-state index >= 15 is 0 Å². The van der Waals surface area contributed by atoms with E-state index in [2.05, 4.69) is 5.10 Å². The summed E-state index contributed by atoms with van der Waals surface area (Å²) in [5.41, 5.74) is -1.59. The minimum atomic E-state index is -4.38. The van der Waals surface area contributed by atoms with Gasteiger partial charge >= 0.3 is 11.9 Å². The molecule has 0 atom stereocenters. The molecule has 0 aliphatic carbocycles. The highest BCUT2D eigenvalue weighted by Gasteiger charge is 2.28. The molecule has 0 spiro atoms. The third-order valence-corrected chi connectivity index (χ3v) is 4.17. The zero-order valence-corrected chi connectivity index (χ0v) is 12.8. The van der Waals surface area contributed by atoms with E-state index in [0.29, 0.717) is 22.0 Å². The molecule has 0 radical (unpaired) electrons. The van der Waals surface area contributed by atoms with Crippen LogP contribution in [0.5, 0.6) is 0 Å². The number of aromatic nitrogens is 3. The summed E-state index contributed by atoms with van der Waals surface area (Å²) in [5, 5.41) is 3.55. The maximum Gasteiger partial charge on any atom is 0.398 e. The van der Waals surface area contributed by atoms with E-state index in [1.165, 1.54) is 14.0 Å². The summed E-state index contributed by atoms with van der Waals surface area (Å²) >= 11 is 0.481. The molecule has 23 heavy (non-hydrogen) atoms. The summed E-state index contributed by atoms with van der Waals surface area (Å²) in [7, 11) is 1.19. The van der Waals surface area contributed by atoms with E-state index in [9.17, 15) is 27.2 Å². The first kappa shape index (κ1) is 17.3. The molecular formula is C13H11F4N3O2S. The summed E-state index contributed by atoms with van der Waals surface area (Å²) < 4.78 is 52.4. The smallest absolute Gasteiger partial charge is 0.267 e. The van der Waals surface area contributed by atoms with Crippen molar-refractivity contribution in [2.45, 2.75) is 18.0 Å². The van der Waals surface area contributed by atoms with Gasteiger partial charge in [-0.25, -0.2) is 9.18 Å². The Labute approximate surface area is 131 Å². The highest BCUT2D eigenvalue weighted by molar-refractivity contribution is 7.99. The molecule has 0 N–H and O–H groups in total. The lowest BCUT2D eigenvalue weighted by molar-refractivity contribution is -0.105. The van der Waals surface area contributed by atoms with Crippen molar-refractivity contribution in [2.75, 3.05) is 5.75 Å². The van der Waals surface area contributed by atoms with Gasteiger partial charge in [-0.2, -0.15) is 23.0 Å². The van der Waals surface area contributed by atoms with Crippen LogP contribution in [-0.2, 0) is 7.05 Å². The standard InChI is InChI=1S/C13H11F4N3O2S/c1-7-3-8(14)9(4-10(7)23-6-13(15,16)17)20-12(22)19(2)11(21)5-18-20/h3-5H,6H2,1-2H3. The molecule has 5 nitrogen and oxygen atoms in total. The van der Waals surface area contributed by atoms with E-state index < -0.39 is 29.0 Å². The minimum absolute atomic E-state index is 0.168. The average molecular weight is 349 g/mol. The van der Waals surface area contributed by atoms with Gasteiger partial charge in [-0.15, -0.1) is 11.8 Å². The Kier molecular flexibility index (Phi) is 4.64. The number of hydrogen-bond acceptors (Lipinski definition) is 4. The molecule has 0 aliphatic heterocycles. The van der Waals surface area contributed by atoms with Gasteiger partial charge in [0, 0.05) is 11.9 Å². The van der Waals surface area contributed by atoms with Gasteiger partial charge in [-0.1, -0.05) is 0 Å². The van der Waals surface area contributed by atoms with Gasteiger partial charge in [0.2, 0.25) is 0 Å². The molecule has 124 valence electrons. The molecule has 0 unspecified atom stereocenters. The second-order valence-electron chi connectivity index (χ2n) is 4.71. The van der Waals surface area contributed by atoms with Crippen molar-refractivity contribution >= 4 is 11.8 Å². The zero-order valence-electron chi connectivity index (χ0n) is 12.0. The van der Waals surface area contributed by atoms with Crippen molar-refractivity contribution < 1.29 is 17.6 Å². The predicted molar refractivity (Wildman–Crippen MR) is 76.5 cm³/mol. The fraction of sp³-hybridized carbons (Fsp3) is 0.308. The van der Waals surface area contributed by atoms with Gasteiger partial charge < -0.3 is 0 Å². The first-order chi connectivity index (χ1) is 10.6. The average Bonchev–Trinajstić information content (AvgIpc) is 2.44. The Morgan fingerprint density at radius 2 is 1.91 bits per heavy atom. The highest BCUT2D eigenvalue weighted by Crippen LogP contribution is 2.31. The van der Waals surface area contributed by atoms with Crippen LogP contribution >= 0.6 is 11.8 Å². The SMILES string of the molecule is Cc1cc(F)c(-n2ncc(=O)n(C)c2=O)cc1SCC(F)(F)F. The van der Waals surface area contributed by atoms with Crippen LogP contribution in [0.3, 0.4) is 0 Å². The van der Waals surface area contributed by atoms with Crippen LogP contribution in [0, 0.1) is 12.7 Å². The van der Waals surface area contributed by atoms with Gasteiger partial charge in [-0.3, -0.25) is 9.36 Å². The normalized spacial score (nSPS) is 11.7. The molecule has 2 aromatic rings. The predicted octanol–water partition coefficient (Wildman–Crippen LogP) is 2.03. The molecule has 10 heteroatoms. The van der Waals surface area contributed by atoms with Crippen LogP contribution in [0.4, 0.5) is 17.6 Å². The van der Waals surface area contributed by atoms with E-state index in [4.69, 9.17) is 0 Å². The van der Waals surface area contributed by atoms with Crippen molar-refractivity contribution in [3.63, 3.8) is 0 Å². The molecule has 0 aliphatic rings. The first-order valence-electron chi connectivity index (χ1n) is 6.25. The first-order valence-corrected chi connectivity index (χ1v) is 7.24. The number of benzene rings is 1. The largest absolute Gasteiger partial charge is 0.398 e. The van der Waals surface area contributed by atoms with Crippen molar-refractivity contribution in [2.24, 2.45) is 7.05 Å². The Hall–Kier alpha value is -2.10. The Morgan fingerprint density at radius 1 is 1.26 bits per heavy atom. The second kappa shape index (κ2) is 6.19. The Balaban J connectivity index is 2.54. The molecule has 0 bridgehead atoms. The number of halogens is 4. The lowest BCUT2D eigenvalue weighted by Gasteiger charge is -2.12. The van der Waals surface area contributed by atoms with Crippen LogP contribution in [-0.4, -0.2) is 26.3 Å². The zero-order chi connectivity index (χ0) is 17.4. The van der Waals surface area contributed by atoms with Gasteiger partial charge in [0.05, 0.1) is 5.75 Å². The number of hydrogen-bond donors (Lipinski definition) is 0. The van der Waals surface area contributed by atoms with Crippen LogP contribution in [0.2, 0.25) is 0 Å². The Morgan fingerprint density at radius 3 is 2.52 bits per heavy atom. The van der Waals surface area contributed by atoms with E-state index in [0.717, 1.165) is 22.9 Å². The molecule has 2 rings (SSSR count). The monoisotopic (exact) mass is 349 g/mol. The van der Waals surface area contributed by atoms with E-state index in [-0.39, 0.29) is 10.6 Å². The third kappa shape index (κ3) is 3.81. The molecule has 0 saturated heterocycles. The van der Waals surface area contributed by atoms with Crippen molar-refractivity contribution in [1.82, 2.24) is 14.3 Å². The van der Waals surface area contributed by atoms with Gasteiger partial charge in [0.15, 0.2) is 0 Å². The molecule has 0 fully saturated rings. The summed E-state index contributed by atoms with van der Waals surface area (Å²) in [6.45, 7) is 1.46. The minimum Gasteiger partial charge on any atom is -0.267 e. The molecule has 1 aromatic heterocycles. The van der Waals surface area contributed by atoms with Gasteiger partial charge in [0.25, 0.3) is 5.56 Å².